The number of hydrogen-bond donors (Lipinski definition) is 0. The minimum absolute atomic E-state index is 0.106. The van der Waals surface area contributed by atoms with Crippen molar-refractivity contribution in [2.75, 3.05) is 12.8 Å². The van der Waals surface area contributed by atoms with Crippen LogP contribution in [-0.2, 0) is 14.5 Å². The van der Waals surface area contributed by atoms with Crippen LogP contribution in [0.15, 0.2) is 54.6 Å². The highest BCUT2D eigenvalue weighted by Gasteiger charge is 2.26. The fourth-order valence-electron chi connectivity index (χ4n) is 2.80. The van der Waals surface area contributed by atoms with Gasteiger partial charge in [0.15, 0.2) is 0 Å². The first-order chi connectivity index (χ1) is 11.9. The molecule has 0 aromatic heterocycles. The molecule has 0 bridgehead atoms. The van der Waals surface area contributed by atoms with Gasteiger partial charge >= 0.3 is 7.60 Å². The van der Waals surface area contributed by atoms with Crippen LogP contribution >= 0.6 is 7.60 Å². The summed E-state index contributed by atoms with van der Waals surface area (Å²) >= 11 is 0. The Morgan fingerprint density at radius 1 is 0.920 bits per heavy atom. The predicted molar refractivity (Wildman–Crippen MR) is 105 cm³/mol. The Morgan fingerprint density at radius 3 is 2.08 bits per heavy atom. The van der Waals surface area contributed by atoms with Crippen LogP contribution in [-0.4, -0.2) is 12.8 Å². The summed E-state index contributed by atoms with van der Waals surface area (Å²) < 4.78 is 24.0. The van der Waals surface area contributed by atoms with Gasteiger partial charge in [0.25, 0.3) is 0 Å². The fraction of sp³-hybridized carbons (Fsp3) is 0.429. The number of benzene rings is 2. The maximum atomic E-state index is 12.8. The van der Waals surface area contributed by atoms with Crippen LogP contribution in [0.4, 0.5) is 0 Å². The van der Waals surface area contributed by atoms with Gasteiger partial charge < -0.3 is 9.05 Å². The first kappa shape index (κ1) is 19.8. The minimum atomic E-state index is -3.07. The Kier molecular flexibility index (Phi) is 6.87. The quantitative estimate of drug-likeness (QED) is 0.484. The van der Waals surface area contributed by atoms with Gasteiger partial charge in [0.1, 0.15) is 5.75 Å². The molecule has 0 aliphatic carbocycles. The van der Waals surface area contributed by atoms with Crippen molar-refractivity contribution in [3.05, 3.63) is 65.7 Å². The third-order valence-electron chi connectivity index (χ3n) is 4.43. The van der Waals surface area contributed by atoms with Crippen molar-refractivity contribution in [2.45, 2.75) is 46.0 Å². The number of unbranched alkanes of at least 4 members (excludes halogenated alkanes) is 1. The SMILES string of the molecule is CCCCP(=O)(OCC)Oc1ccc(C(C)(C)c2ccccc2)cc1. The van der Waals surface area contributed by atoms with Gasteiger partial charge in [-0.15, -0.1) is 0 Å². The second-order valence-electron chi connectivity index (χ2n) is 6.71. The maximum absolute atomic E-state index is 12.8. The summed E-state index contributed by atoms with van der Waals surface area (Å²) in [5, 5.41) is 0. The molecular weight excluding hydrogens is 331 g/mol. The summed E-state index contributed by atoms with van der Waals surface area (Å²) in [6, 6.07) is 18.3. The summed E-state index contributed by atoms with van der Waals surface area (Å²) in [4.78, 5) is 0. The lowest BCUT2D eigenvalue weighted by atomic mass is 9.78. The van der Waals surface area contributed by atoms with Crippen LogP contribution in [0.3, 0.4) is 0 Å². The summed E-state index contributed by atoms with van der Waals surface area (Å²) in [6.45, 7) is 8.69. The molecule has 0 aliphatic heterocycles. The van der Waals surface area contributed by atoms with Crippen LogP contribution < -0.4 is 4.52 Å². The molecule has 0 radical (unpaired) electrons. The van der Waals surface area contributed by atoms with Gasteiger partial charge in [0.2, 0.25) is 0 Å². The molecule has 2 aromatic rings. The average Bonchev–Trinajstić information content (AvgIpc) is 2.61. The molecule has 2 aromatic carbocycles. The van der Waals surface area contributed by atoms with Crippen LogP contribution in [0.5, 0.6) is 5.75 Å². The molecule has 136 valence electrons. The van der Waals surface area contributed by atoms with Gasteiger partial charge in [-0.25, -0.2) is 4.57 Å². The number of rotatable bonds is 9. The molecule has 1 atom stereocenters. The fourth-order valence-corrected chi connectivity index (χ4v) is 4.61. The highest BCUT2D eigenvalue weighted by molar-refractivity contribution is 7.54. The van der Waals surface area contributed by atoms with Crippen molar-refractivity contribution in [3.8, 4) is 5.75 Å². The Bertz CT molecular complexity index is 693. The smallest absolute Gasteiger partial charge is 0.379 e. The summed E-state index contributed by atoms with van der Waals surface area (Å²) in [5.41, 5.74) is 2.34. The van der Waals surface area contributed by atoms with E-state index < -0.39 is 7.60 Å². The van der Waals surface area contributed by atoms with Gasteiger partial charge in [0, 0.05) is 5.41 Å². The largest absolute Gasteiger partial charge is 0.424 e. The lowest BCUT2D eigenvalue weighted by Crippen LogP contribution is -2.18. The van der Waals surface area contributed by atoms with E-state index in [1.165, 1.54) is 11.1 Å². The summed E-state index contributed by atoms with van der Waals surface area (Å²) in [7, 11) is -3.07. The van der Waals surface area contributed by atoms with E-state index in [4.69, 9.17) is 9.05 Å². The van der Waals surface area contributed by atoms with Gasteiger partial charge in [-0.1, -0.05) is 69.7 Å². The molecule has 0 heterocycles. The zero-order chi connectivity index (χ0) is 18.3. The molecule has 3 nitrogen and oxygen atoms in total. The van der Waals surface area contributed by atoms with E-state index in [0.29, 0.717) is 18.5 Å². The lowest BCUT2D eigenvalue weighted by Gasteiger charge is -2.26. The third kappa shape index (κ3) is 5.20. The van der Waals surface area contributed by atoms with E-state index in [2.05, 4.69) is 45.0 Å². The Hall–Kier alpha value is -1.57. The molecule has 4 heteroatoms. The maximum Gasteiger partial charge on any atom is 0.379 e. The first-order valence-electron chi connectivity index (χ1n) is 9.00. The predicted octanol–water partition coefficient (Wildman–Crippen LogP) is 6.42. The van der Waals surface area contributed by atoms with Crippen LogP contribution in [0.25, 0.3) is 0 Å². The highest BCUT2D eigenvalue weighted by atomic mass is 31.2. The normalized spacial score (nSPS) is 14.1. The highest BCUT2D eigenvalue weighted by Crippen LogP contribution is 2.49. The molecule has 0 N–H and O–H groups in total. The second-order valence-corrected chi connectivity index (χ2v) is 8.82. The van der Waals surface area contributed by atoms with Crippen molar-refractivity contribution in [1.29, 1.82) is 0 Å². The van der Waals surface area contributed by atoms with E-state index in [9.17, 15) is 4.57 Å². The molecule has 0 amide bonds. The third-order valence-corrected chi connectivity index (χ3v) is 6.43. The Morgan fingerprint density at radius 2 is 1.52 bits per heavy atom. The molecule has 0 spiro atoms. The molecule has 0 saturated heterocycles. The van der Waals surface area contributed by atoms with Gasteiger partial charge in [-0.3, -0.25) is 0 Å². The lowest BCUT2D eigenvalue weighted by molar-refractivity contribution is 0.278. The zero-order valence-corrected chi connectivity index (χ0v) is 16.6. The van der Waals surface area contributed by atoms with E-state index in [1.807, 2.05) is 37.3 Å². The standard InChI is InChI=1S/C21H29O3P/c1-5-7-17-25(22,23-6-2)24-20-15-13-19(14-16-20)21(3,4)18-11-9-8-10-12-18/h8-16H,5-7,17H2,1-4H3. The van der Waals surface area contributed by atoms with E-state index >= 15 is 0 Å². The molecule has 0 fully saturated rings. The summed E-state index contributed by atoms with van der Waals surface area (Å²) in [5.74, 6) is 0.598. The Balaban J connectivity index is 2.17. The van der Waals surface area contributed by atoms with Crippen LogP contribution in [0.1, 0.15) is 51.7 Å². The van der Waals surface area contributed by atoms with Crippen molar-refractivity contribution in [1.82, 2.24) is 0 Å². The van der Waals surface area contributed by atoms with Gasteiger partial charge in [0.05, 0.1) is 12.8 Å². The zero-order valence-electron chi connectivity index (χ0n) is 15.7. The second kappa shape index (κ2) is 8.69. The van der Waals surface area contributed by atoms with Crippen LogP contribution in [0.2, 0.25) is 0 Å². The Labute approximate surface area is 151 Å². The monoisotopic (exact) mass is 360 g/mol. The first-order valence-corrected chi connectivity index (χ1v) is 10.7. The topological polar surface area (TPSA) is 35.5 Å². The van der Waals surface area contributed by atoms with E-state index in [-0.39, 0.29) is 5.41 Å². The van der Waals surface area contributed by atoms with Gasteiger partial charge in [-0.05, 0) is 36.6 Å². The van der Waals surface area contributed by atoms with E-state index in [0.717, 1.165) is 12.8 Å². The number of hydrogen-bond acceptors (Lipinski definition) is 3. The van der Waals surface area contributed by atoms with Crippen molar-refractivity contribution in [2.24, 2.45) is 0 Å². The average molecular weight is 360 g/mol. The molecule has 0 saturated carbocycles. The molecule has 1 unspecified atom stereocenters. The molecule has 0 aliphatic rings. The molecule has 25 heavy (non-hydrogen) atoms. The minimum Gasteiger partial charge on any atom is -0.424 e. The van der Waals surface area contributed by atoms with Crippen molar-refractivity contribution < 1.29 is 13.6 Å². The molecular formula is C21H29O3P. The van der Waals surface area contributed by atoms with Crippen LogP contribution in [0, 0.1) is 0 Å². The van der Waals surface area contributed by atoms with E-state index in [1.54, 1.807) is 0 Å². The molecule has 2 rings (SSSR count). The van der Waals surface area contributed by atoms with Crippen molar-refractivity contribution in [3.63, 3.8) is 0 Å². The van der Waals surface area contributed by atoms with Crippen molar-refractivity contribution >= 4 is 7.60 Å². The summed E-state index contributed by atoms with van der Waals surface area (Å²) in [6.07, 6.45) is 2.25. The van der Waals surface area contributed by atoms with Gasteiger partial charge in [-0.2, -0.15) is 0 Å².